The van der Waals surface area contributed by atoms with Crippen molar-refractivity contribution in [2.24, 2.45) is 0 Å². The quantitative estimate of drug-likeness (QED) is 0.375. The van der Waals surface area contributed by atoms with E-state index in [2.05, 4.69) is 32.9 Å². The number of hydrogen-bond donors (Lipinski definition) is 2. The van der Waals surface area contributed by atoms with Gasteiger partial charge < -0.3 is 15.0 Å². The van der Waals surface area contributed by atoms with E-state index >= 15 is 0 Å². The zero-order valence-corrected chi connectivity index (χ0v) is 16.6. The van der Waals surface area contributed by atoms with E-state index < -0.39 is 0 Å². The Bertz CT molecular complexity index is 1080. The molecule has 0 fully saturated rings. The number of benzene rings is 3. The van der Waals surface area contributed by atoms with Gasteiger partial charge in [-0.2, -0.15) is 0 Å². The van der Waals surface area contributed by atoms with Crippen molar-refractivity contribution in [3.63, 3.8) is 0 Å². The first-order valence-electron chi connectivity index (χ1n) is 8.55. The van der Waals surface area contributed by atoms with Gasteiger partial charge in [0.2, 0.25) is 0 Å². The highest BCUT2D eigenvalue weighted by Crippen LogP contribution is 2.35. The standard InChI is InChI=1S/C22H17IN2O2/c23-20-17-11-12-24-21(17)19(27-14-15-7-3-1-4-8-15)13-18(20)25-22(26)16-9-5-2-6-10-16/h1-13,24H,14H2,(H,25,26). The van der Waals surface area contributed by atoms with Gasteiger partial charge in [-0.05, 0) is 46.4 Å². The van der Waals surface area contributed by atoms with Crippen LogP contribution in [0, 0.1) is 3.57 Å². The lowest BCUT2D eigenvalue weighted by Gasteiger charge is -2.13. The Hall–Kier alpha value is -2.80. The van der Waals surface area contributed by atoms with Crippen LogP contribution in [0.1, 0.15) is 15.9 Å². The Morgan fingerprint density at radius 3 is 2.44 bits per heavy atom. The SMILES string of the molecule is O=C(Nc1cc(OCc2ccccc2)c2[nH]ccc2c1I)c1ccccc1. The molecule has 1 heterocycles. The monoisotopic (exact) mass is 468 g/mol. The smallest absolute Gasteiger partial charge is 0.255 e. The predicted molar refractivity (Wildman–Crippen MR) is 116 cm³/mol. The summed E-state index contributed by atoms with van der Waals surface area (Å²) in [5, 5.41) is 4.02. The molecule has 27 heavy (non-hydrogen) atoms. The number of halogens is 1. The highest BCUT2D eigenvalue weighted by Gasteiger charge is 2.15. The molecule has 0 unspecified atom stereocenters. The first kappa shape index (κ1) is 17.6. The first-order chi connectivity index (χ1) is 13.2. The molecule has 4 nitrogen and oxygen atoms in total. The number of nitrogens with one attached hydrogen (secondary N) is 2. The molecule has 0 spiro atoms. The maximum atomic E-state index is 12.6. The maximum absolute atomic E-state index is 12.6. The molecule has 1 amide bonds. The summed E-state index contributed by atoms with van der Waals surface area (Å²) < 4.78 is 7.03. The van der Waals surface area contributed by atoms with Crippen LogP contribution in [0.4, 0.5) is 5.69 Å². The molecule has 0 aliphatic carbocycles. The van der Waals surface area contributed by atoms with Crippen LogP contribution in [-0.4, -0.2) is 10.9 Å². The van der Waals surface area contributed by atoms with Gasteiger partial charge in [-0.25, -0.2) is 0 Å². The van der Waals surface area contributed by atoms with E-state index in [4.69, 9.17) is 4.74 Å². The van der Waals surface area contributed by atoms with Crippen molar-refractivity contribution in [2.75, 3.05) is 5.32 Å². The minimum absolute atomic E-state index is 0.141. The number of carbonyl (C=O) groups is 1. The minimum atomic E-state index is -0.141. The zero-order chi connectivity index (χ0) is 18.6. The molecule has 0 radical (unpaired) electrons. The second kappa shape index (κ2) is 7.84. The molecular weight excluding hydrogens is 451 g/mol. The number of amides is 1. The number of anilines is 1. The molecular formula is C22H17IN2O2. The molecule has 1 aromatic heterocycles. The third-order valence-corrected chi connectivity index (χ3v) is 5.43. The number of ether oxygens (including phenoxy) is 1. The molecule has 0 aliphatic heterocycles. The van der Waals surface area contributed by atoms with Gasteiger partial charge in [-0.3, -0.25) is 4.79 Å². The van der Waals surface area contributed by atoms with E-state index in [1.54, 1.807) is 12.1 Å². The topological polar surface area (TPSA) is 54.1 Å². The summed E-state index contributed by atoms with van der Waals surface area (Å²) in [6.07, 6.45) is 1.88. The van der Waals surface area contributed by atoms with Crippen molar-refractivity contribution in [3.05, 3.63) is 93.7 Å². The fraction of sp³-hybridized carbons (Fsp3) is 0.0455. The number of fused-ring (bicyclic) bond motifs is 1. The first-order valence-corrected chi connectivity index (χ1v) is 9.63. The summed E-state index contributed by atoms with van der Waals surface area (Å²) in [7, 11) is 0. The van der Waals surface area contributed by atoms with Gasteiger partial charge in [0.15, 0.2) is 0 Å². The van der Waals surface area contributed by atoms with E-state index in [1.165, 1.54) is 0 Å². The molecule has 0 bridgehead atoms. The lowest BCUT2D eigenvalue weighted by molar-refractivity contribution is 0.102. The van der Waals surface area contributed by atoms with Crippen LogP contribution in [0.5, 0.6) is 5.75 Å². The highest BCUT2D eigenvalue weighted by atomic mass is 127. The van der Waals surface area contributed by atoms with Gasteiger partial charge in [-0.15, -0.1) is 0 Å². The maximum Gasteiger partial charge on any atom is 0.255 e. The van der Waals surface area contributed by atoms with Crippen LogP contribution in [0.15, 0.2) is 79.0 Å². The minimum Gasteiger partial charge on any atom is -0.487 e. The van der Waals surface area contributed by atoms with Gasteiger partial charge >= 0.3 is 0 Å². The third-order valence-electron chi connectivity index (χ3n) is 4.26. The molecule has 134 valence electrons. The summed E-state index contributed by atoms with van der Waals surface area (Å²) in [5.41, 5.74) is 3.37. The van der Waals surface area contributed by atoms with E-state index in [-0.39, 0.29) is 5.91 Å². The average Bonchev–Trinajstić information content (AvgIpc) is 3.21. The number of rotatable bonds is 5. The number of carbonyl (C=O) groups excluding carboxylic acids is 1. The van der Waals surface area contributed by atoms with Crippen LogP contribution in [0.25, 0.3) is 10.9 Å². The third kappa shape index (κ3) is 3.83. The Morgan fingerprint density at radius 1 is 1.00 bits per heavy atom. The van der Waals surface area contributed by atoms with E-state index in [0.29, 0.717) is 17.9 Å². The van der Waals surface area contributed by atoms with Crippen molar-refractivity contribution in [1.82, 2.24) is 4.98 Å². The van der Waals surface area contributed by atoms with Crippen LogP contribution < -0.4 is 10.1 Å². The lowest BCUT2D eigenvalue weighted by Crippen LogP contribution is -2.13. The van der Waals surface area contributed by atoms with Gasteiger partial charge in [0.1, 0.15) is 12.4 Å². The van der Waals surface area contributed by atoms with E-state index in [0.717, 1.165) is 25.7 Å². The van der Waals surface area contributed by atoms with Crippen molar-refractivity contribution >= 4 is 45.1 Å². The molecule has 3 aromatic carbocycles. The van der Waals surface area contributed by atoms with Gasteiger partial charge in [-0.1, -0.05) is 48.5 Å². The van der Waals surface area contributed by atoms with E-state index in [1.807, 2.05) is 66.9 Å². The number of aromatic nitrogens is 1. The second-order valence-corrected chi connectivity index (χ2v) is 7.18. The van der Waals surface area contributed by atoms with Gasteiger partial charge in [0.05, 0.1) is 11.2 Å². The second-order valence-electron chi connectivity index (χ2n) is 6.10. The largest absolute Gasteiger partial charge is 0.487 e. The highest BCUT2D eigenvalue weighted by molar-refractivity contribution is 14.1. The Kier molecular flexibility index (Phi) is 5.11. The molecule has 0 saturated heterocycles. The van der Waals surface area contributed by atoms with Crippen LogP contribution in [-0.2, 0) is 6.61 Å². The Balaban J connectivity index is 1.65. The van der Waals surface area contributed by atoms with Crippen LogP contribution in [0.2, 0.25) is 0 Å². The summed E-state index contributed by atoms with van der Waals surface area (Å²) >= 11 is 2.25. The van der Waals surface area contributed by atoms with Crippen LogP contribution in [0.3, 0.4) is 0 Å². The summed E-state index contributed by atoms with van der Waals surface area (Å²) in [5.74, 6) is 0.569. The molecule has 5 heteroatoms. The fourth-order valence-electron chi connectivity index (χ4n) is 2.89. The van der Waals surface area contributed by atoms with Crippen molar-refractivity contribution in [2.45, 2.75) is 6.61 Å². The molecule has 0 atom stereocenters. The predicted octanol–water partition coefficient (Wildman–Crippen LogP) is 5.60. The lowest BCUT2D eigenvalue weighted by atomic mass is 10.2. The Morgan fingerprint density at radius 2 is 1.70 bits per heavy atom. The number of H-pyrrole nitrogens is 1. The molecule has 4 aromatic rings. The van der Waals surface area contributed by atoms with E-state index in [9.17, 15) is 4.79 Å². The molecule has 2 N–H and O–H groups in total. The molecule has 4 rings (SSSR count). The van der Waals surface area contributed by atoms with Gasteiger partial charge in [0.25, 0.3) is 5.91 Å². The number of hydrogen-bond acceptors (Lipinski definition) is 2. The summed E-state index contributed by atoms with van der Waals surface area (Å²) in [6.45, 7) is 0.460. The van der Waals surface area contributed by atoms with Gasteiger partial charge in [0, 0.05) is 26.8 Å². The number of aromatic amines is 1. The zero-order valence-electron chi connectivity index (χ0n) is 14.4. The molecule has 0 saturated carbocycles. The molecule has 0 aliphatic rings. The normalized spacial score (nSPS) is 10.7. The van der Waals surface area contributed by atoms with Crippen molar-refractivity contribution in [3.8, 4) is 5.75 Å². The fourth-order valence-corrected chi connectivity index (χ4v) is 3.63. The average molecular weight is 468 g/mol. The summed E-state index contributed by atoms with van der Waals surface area (Å²) in [6, 6.07) is 23.1. The summed E-state index contributed by atoms with van der Waals surface area (Å²) in [4.78, 5) is 15.8. The van der Waals surface area contributed by atoms with Crippen molar-refractivity contribution in [1.29, 1.82) is 0 Å². The van der Waals surface area contributed by atoms with Crippen LogP contribution >= 0.6 is 22.6 Å². The van der Waals surface area contributed by atoms with Crippen molar-refractivity contribution < 1.29 is 9.53 Å². The Labute approximate surface area is 170 Å².